The summed E-state index contributed by atoms with van der Waals surface area (Å²) >= 11 is 0. The van der Waals surface area contributed by atoms with Crippen LogP contribution in [0.15, 0.2) is 36.5 Å². The van der Waals surface area contributed by atoms with Gasteiger partial charge >= 0.3 is 6.09 Å². The second kappa shape index (κ2) is 6.63. The number of carbonyl (C=O) groups excluding carboxylic acids is 2. The number of ketones is 1. The lowest BCUT2D eigenvalue weighted by molar-refractivity contribution is 0.00255. The Morgan fingerprint density at radius 3 is 2.44 bits per heavy atom. The molecule has 5 heteroatoms. The Balaban J connectivity index is 1.54. The van der Waals surface area contributed by atoms with Gasteiger partial charge in [-0.2, -0.15) is 0 Å². The quantitative estimate of drug-likeness (QED) is 0.729. The maximum absolute atomic E-state index is 13.3. The summed E-state index contributed by atoms with van der Waals surface area (Å²) in [6.07, 6.45) is 4.83. The van der Waals surface area contributed by atoms with Gasteiger partial charge in [-0.3, -0.25) is 9.78 Å². The molecule has 1 aromatic heterocycles. The van der Waals surface area contributed by atoms with Gasteiger partial charge in [0, 0.05) is 35.1 Å². The first-order valence-corrected chi connectivity index (χ1v) is 9.73. The molecule has 0 N–H and O–H groups in total. The van der Waals surface area contributed by atoms with E-state index in [2.05, 4.69) is 4.98 Å². The van der Waals surface area contributed by atoms with Gasteiger partial charge in [0.1, 0.15) is 5.60 Å². The first kappa shape index (κ1) is 18.0. The van der Waals surface area contributed by atoms with E-state index in [0.29, 0.717) is 12.8 Å². The lowest BCUT2D eigenvalue weighted by Crippen LogP contribution is -2.49. The Morgan fingerprint density at radius 2 is 1.78 bits per heavy atom. The number of hydrogen-bond acceptors (Lipinski definition) is 4. The first-order valence-electron chi connectivity index (χ1n) is 9.73. The molecule has 3 heterocycles. The highest BCUT2D eigenvalue weighted by atomic mass is 16.6. The van der Waals surface area contributed by atoms with Gasteiger partial charge < -0.3 is 9.64 Å². The summed E-state index contributed by atoms with van der Waals surface area (Å²) in [6.45, 7) is 5.66. The van der Waals surface area contributed by atoms with Crippen LogP contribution in [0, 0.1) is 5.92 Å². The molecule has 2 fully saturated rings. The zero-order chi connectivity index (χ0) is 19.2. The minimum absolute atomic E-state index is 0.0491. The van der Waals surface area contributed by atoms with Crippen LogP contribution in [-0.4, -0.2) is 39.4 Å². The van der Waals surface area contributed by atoms with Crippen molar-refractivity contribution in [3.8, 4) is 0 Å². The monoisotopic (exact) mass is 366 g/mol. The van der Waals surface area contributed by atoms with Crippen molar-refractivity contribution >= 4 is 22.8 Å². The predicted molar refractivity (Wildman–Crippen MR) is 104 cm³/mol. The minimum Gasteiger partial charge on any atom is -0.444 e. The molecule has 2 aliphatic rings. The maximum atomic E-state index is 13.3. The molecule has 0 spiro atoms. The number of ether oxygens (including phenoxy) is 1. The van der Waals surface area contributed by atoms with E-state index in [-0.39, 0.29) is 29.9 Å². The molecule has 2 saturated heterocycles. The largest absolute Gasteiger partial charge is 0.444 e. The molecule has 142 valence electrons. The van der Waals surface area contributed by atoms with Gasteiger partial charge in [0.15, 0.2) is 5.78 Å². The smallest absolute Gasteiger partial charge is 0.410 e. The number of hydrogen-bond donors (Lipinski definition) is 0. The van der Waals surface area contributed by atoms with Crippen LogP contribution in [-0.2, 0) is 4.74 Å². The SMILES string of the molecule is CC(C)(C)OC(=O)N1C2CCC1CC(C(=O)c1cccc3ncccc13)C2. The number of nitrogens with zero attached hydrogens (tertiary/aromatic N) is 2. The summed E-state index contributed by atoms with van der Waals surface area (Å²) in [4.78, 5) is 32.1. The number of carbonyl (C=O) groups is 2. The van der Waals surface area contributed by atoms with E-state index in [1.165, 1.54) is 0 Å². The fourth-order valence-corrected chi connectivity index (χ4v) is 4.54. The number of fused-ring (bicyclic) bond motifs is 3. The number of aromatic nitrogens is 1. The fraction of sp³-hybridized carbons (Fsp3) is 0.500. The van der Waals surface area contributed by atoms with Crippen molar-refractivity contribution in [1.29, 1.82) is 0 Å². The zero-order valence-corrected chi connectivity index (χ0v) is 16.1. The van der Waals surface area contributed by atoms with E-state index in [1.54, 1.807) is 6.20 Å². The Bertz CT molecular complexity index is 867. The number of rotatable bonds is 2. The Hall–Kier alpha value is -2.43. The van der Waals surface area contributed by atoms with Crippen LogP contribution in [0.1, 0.15) is 56.8 Å². The fourth-order valence-electron chi connectivity index (χ4n) is 4.54. The highest BCUT2D eigenvalue weighted by molar-refractivity contribution is 6.08. The van der Waals surface area contributed by atoms with Gasteiger partial charge in [0.05, 0.1) is 5.52 Å². The predicted octanol–water partition coefficient (Wildman–Crippen LogP) is 4.60. The summed E-state index contributed by atoms with van der Waals surface area (Å²) in [5.41, 5.74) is 1.09. The van der Waals surface area contributed by atoms with Crippen LogP contribution < -0.4 is 0 Å². The van der Waals surface area contributed by atoms with Gasteiger partial charge in [-0.25, -0.2) is 4.79 Å². The highest BCUT2D eigenvalue weighted by Crippen LogP contribution is 2.41. The van der Waals surface area contributed by atoms with Gasteiger partial charge in [0.25, 0.3) is 0 Å². The number of pyridine rings is 1. The molecule has 2 bridgehead atoms. The molecule has 5 nitrogen and oxygen atoms in total. The van der Waals surface area contributed by atoms with Crippen LogP contribution in [0.4, 0.5) is 4.79 Å². The van der Waals surface area contributed by atoms with E-state index in [4.69, 9.17) is 4.74 Å². The molecule has 1 amide bonds. The van der Waals surface area contributed by atoms with Crippen LogP contribution in [0.25, 0.3) is 10.9 Å². The summed E-state index contributed by atoms with van der Waals surface area (Å²) in [5, 5.41) is 0.909. The van der Waals surface area contributed by atoms with Crippen molar-refractivity contribution in [2.45, 2.75) is 64.1 Å². The lowest BCUT2D eigenvalue weighted by atomic mass is 9.84. The van der Waals surface area contributed by atoms with Crippen molar-refractivity contribution in [3.05, 3.63) is 42.1 Å². The van der Waals surface area contributed by atoms with E-state index < -0.39 is 5.60 Å². The summed E-state index contributed by atoms with van der Waals surface area (Å²) in [5.74, 6) is 0.126. The van der Waals surface area contributed by atoms with Gasteiger partial charge in [-0.15, -0.1) is 0 Å². The Labute approximate surface area is 159 Å². The Morgan fingerprint density at radius 1 is 1.07 bits per heavy atom. The molecular formula is C22H26N2O3. The summed E-state index contributed by atoms with van der Waals surface area (Å²) in [6, 6.07) is 9.75. The van der Waals surface area contributed by atoms with Crippen molar-refractivity contribution in [2.24, 2.45) is 5.92 Å². The molecule has 2 atom stereocenters. The van der Waals surface area contributed by atoms with Gasteiger partial charge in [-0.05, 0) is 58.6 Å². The third-order valence-electron chi connectivity index (χ3n) is 5.62. The molecule has 2 aliphatic heterocycles. The van der Waals surface area contributed by atoms with Crippen LogP contribution >= 0.6 is 0 Å². The van der Waals surface area contributed by atoms with Crippen LogP contribution in [0.5, 0.6) is 0 Å². The maximum Gasteiger partial charge on any atom is 0.410 e. The number of Topliss-reactive ketones (excluding diaryl/α,β-unsaturated/α-hetero) is 1. The summed E-state index contributed by atoms with van der Waals surface area (Å²) in [7, 11) is 0. The van der Waals surface area contributed by atoms with Crippen molar-refractivity contribution in [1.82, 2.24) is 9.88 Å². The normalized spacial score (nSPS) is 24.9. The average molecular weight is 366 g/mol. The molecule has 4 rings (SSSR count). The number of piperidine rings is 1. The van der Waals surface area contributed by atoms with Crippen LogP contribution in [0.2, 0.25) is 0 Å². The van der Waals surface area contributed by atoms with E-state index in [0.717, 1.165) is 29.3 Å². The third kappa shape index (κ3) is 3.43. The minimum atomic E-state index is -0.501. The van der Waals surface area contributed by atoms with Crippen molar-refractivity contribution < 1.29 is 14.3 Å². The van der Waals surface area contributed by atoms with Gasteiger partial charge in [0.2, 0.25) is 0 Å². The number of amides is 1. The second-order valence-corrected chi connectivity index (χ2v) is 8.68. The second-order valence-electron chi connectivity index (χ2n) is 8.68. The molecule has 27 heavy (non-hydrogen) atoms. The standard InChI is InChI=1S/C22H26N2O3/c1-22(2,3)27-21(26)24-15-9-10-16(24)13-14(12-15)20(25)18-6-4-8-19-17(18)7-5-11-23-19/h4-8,11,14-16H,9-10,12-13H2,1-3H3. The molecule has 2 unspecified atom stereocenters. The topological polar surface area (TPSA) is 59.5 Å². The highest BCUT2D eigenvalue weighted by Gasteiger charge is 2.46. The molecule has 0 aliphatic carbocycles. The lowest BCUT2D eigenvalue weighted by Gasteiger charge is -2.39. The molecular weight excluding hydrogens is 340 g/mol. The van der Waals surface area contributed by atoms with E-state index in [1.807, 2.05) is 56.0 Å². The molecule has 0 saturated carbocycles. The van der Waals surface area contributed by atoms with Crippen molar-refractivity contribution in [2.75, 3.05) is 0 Å². The zero-order valence-electron chi connectivity index (χ0n) is 16.1. The molecule has 2 aromatic rings. The third-order valence-corrected chi connectivity index (χ3v) is 5.62. The molecule has 1 aromatic carbocycles. The average Bonchev–Trinajstić information content (AvgIpc) is 2.89. The molecule has 0 radical (unpaired) electrons. The van der Waals surface area contributed by atoms with Crippen LogP contribution in [0.3, 0.4) is 0 Å². The summed E-state index contributed by atoms with van der Waals surface area (Å²) < 4.78 is 5.59. The first-order chi connectivity index (χ1) is 12.8. The van der Waals surface area contributed by atoms with Gasteiger partial charge in [-0.1, -0.05) is 18.2 Å². The number of benzene rings is 1. The van der Waals surface area contributed by atoms with E-state index in [9.17, 15) is 9.59 Å². The Kier molecular flexibility index (Phi) is 4.41. The van der Waals surface area contributed by atoms with Crippen molar-refractivity contribution in [3.63, 3.8) is 0 Å². The van der Waals surface area contributed by atoms with E-state index >= 15 is 0 Å².